The molecule has 1 atom stereocenters. The lowest BCUT2D eigenvalue weighted by molar-refractivity contribution is 0.534. The van der Waals surface area contributed by atoms with Gasteiger partial charge in [-0.05, 0) is 31.9 Å². The van der Waals surface area contributed by atoms with Crippen LogP contribution >= 0.6 is 11.6 Å². The molecule has 0 amide bonds. The van der Waals surface area contributed by atoms with Gasteiger partial charge in [0.15, 0.2) is 0 Å². The number of aryl methyl sites for hydroxylation is 3. The Labute approximate surface area is 117 Å². The van der Waals surface area contributed by atoms with E-state index in [0.717, 1.165) is 22.5 Å². The summed E-state index contributed by atoms with van der Waals surface area (Å²) < 4.78 is 1.67. The Morgan fingerprint density at radius 1 is 1.47 bits per heavy atom. The van der Waals surface area contributed by atoms with Crippen LogP contribution < -0.4 is 11.3 Å². The van der Waals surface area contributed by atoms with Crippen molar-refractivity contribution < 1.29 is 0 Å². The molecular formula is C13H18ClN5. The molecule has 19 heavy (non-hydrogen) atoms. The number of nitrogens with two attached hydrogens (primary N) is 1. The van der Waals surface area contributed by atoms with E-state index in [2.05, 4.69) is 15.5 Å². The molecule has 0 aliphatic rings. The molecule has 2 aromatic heterocycles. The maximum Gasteiger partial charge on any atom is 0.130 e. The molecule has 0 aliphatic heterocycles. The molecule has 102 valence electrons. The molecule has 0 radical (unpaired) electrons. The molecule has 0 bridgehead atoms. The zero-order valence-corrected chi connectivity index (χ0v) is 12.1. The topological polar surface area (TPSA) is 68.8 Å². The number of hydrogen-bond acceptors (Lipinski definition) is 4. The normalized spacial score (nSPS) is 12.7. The fourth-order valence-corrected chi connectivity index (χ4v) is 2.46. The monoisotopic (exact) mass is 279 g/mol. The highest BCUT2D eigenvalue weighted by molar-refractivity contribution is 6.30. The third-order valence-electron chi connectivity index (χ3n) is 3.26. The van der Waals surface area contributed by atoms with Gasteiger partial charge in [-0.1, -0.05) is 17.7 Å². The molecule has 0 aliphatic carbocycles. The van der Waals surface area contributed by atoms with Crippen LogP contribution in [0.15, 0.2) is 18.3 Å². The minimum absolute atomic E-state index is 0.0819. The van der Waals surface area contributed by atoms with Crippen molar-refractivity contribution in [1.82, 2.24) is 20.2 Å². The third-order valence-corrected chi connectivity index (χ3v) is 3.73. The van der Waals surface area contributed by atoms with Crippen LogP contribution in [0.5, 0.6) is 0 Å². The van der Waals surface area contributed by atoms with E-state index in [4.69, 9.17) is 17.4 Å². The summed E-state index contributed by atoms with van der Waals surface area (Å²) in [4.78, 5) is 4.40. The Kier molecular flexibility index (Phi) is 4.19. The molecule has 0 spiro atoms. The van der Waals surface area contributed by atoms with E-state index in [1.54, 1.807) is 10.9 Å². The van der Waals surface area contributed by atoms with Crippen molar-refractivity contribution in [2.45, 2.75) is 26.3 Å². The molecule has 2 heterocycles. The van der Waals surface area contributed by atoms with E-state index in [-0.39, 0.29) is 6.04 Å². The molecular weight excluding hydrogens is 262 g/mol. The summed E-state index contributed by atoms with van der Waals surface area (Å²) in [7, 11) is 1.83. The summed E-state index contributed by atoms with van der Waals surface area (Å²) in [6, 6.07) is 3.85. The van der Waals surface area contributed by atoms with Crippen molar-refractivity contribution in [2.75, 3.05) is 0 Å². The maximum absolute atomic E-state index is 6.25. The minimum atomic E-state index is -0.0819. The Hall–Kier alpha value is -1.43. The summed E-state index contributed by atoms with van der Waals surface area (Å²) in [6.45, 7) is 3.96. The second-order valence-corrected chi connectivity index (χ2v) is 4.97. The SMILES string of the molecule is Cc1cccnc1C(Cc1c(C)nn(C)c1Cl)NN. The fourth-order valence-electron chi connectivity index (χ4n) is 2.21. The summed E-state index contributed by atoms with van der Waals surface area (Å²) in [5.41, 5.74) is 6.76. The molecule has 3 N–H and O–H groups in total. The average Bonchev–Trinajstić information content (AvgIpc) is 2.63. The van der Waals surface area contributed by atoms with E-state index >= 15 is 0 Å². The van der Waals surface area contributed by atoms with Gasteiger partial charge in [-0.25, -0.2) is 0 Å². The van der Waals surface area contributed by atoms with Crippen molar-refractivity contribution >= 4 is 11.6 Å². The maximum atomic E-state index is 6.25. The lowest BCUT2D eigenvalue weighted by Gasteiger charge is -2.17. The zero-order valence-electron chi connectivity index (χ0n) is 11.3. The van der Waals surface area contributed by atoms with E-state index in [9.17, 15) is 0 Å². The Morgan fingerprint density at radius 3 is 2.74 bits per heavy atom. The Balaban J connectivity index is 2.32. The van der Waals surface area contributed by atoms with Crippen molar-refractivity contribution in [3.8, 4) is 0 Å². The van der Waals surface area contributed by atoms with Crippen molar-refractivity contribution in [3.05, 3.63) is 46.0 Å². The number of hydrazine groups is 1. The van der Waals surface area contributed by atoms with Gasteiger partial charge in [-0.3, -0.25) is 20.9 Å². The summed E-state index contributed by atoms with van der Waals surface area (Å²) in [6.07, 6.45) is 2.43. The standard InChI is InChI=1S/C13H18ClN5/c1-8-5-4-6-16-12(8)11(17-15)7-10-9(2)18-19(3)13(10)14/h4-6,11,17H,7,15H2,1-3H3. The molecule has 0 saturated carbocycles. The lowest BCUT2D eigenvalue weighted by Crippen LogP contribution is -2.31. The highest BCUT2D eigenvalue weighted by atomic mass is 35.5. The number of nitrogens with zero attached hydrogens (tertiary/aromatic N) is 3. The summed E-state index contributed by atoms with van der Waals surface area (Å²) >= 11 is 6.25. The van der Waals surface area contributed by atoms with Gasteiger partial charge in [0.1, 0.15) is 5.15 Å². The first-order valence-electron chi connectivity index (χ1n) is 6.10. The van der Waals surface area contributed by atoms with Crippen LogP contribution in [0.1, 0.15) is 28.6 Å². The molecule has 0 saturated heterocycles. The Bertz CT molecular complexity index is 578. The number of pyridine rings is 1. The predicted octanol–water partition coefficient (Wildman–Crippen LogP) is 1.83. The van der Waals surface area contributed by atoms with E-state index in [1.165, 1.54) is 0 Å². The van der Waals surface area contributed by atoms with Gasteiger partial charge in [0, 0.05) is 18.8 Å². The average molecular weight is 280 g/mol. The van der Waals surface area contributed by atoms with Crippen LogP contribution in [-0.4, -0.2) is 14.8 Å². The van der Waals surface area contributed by atoms with Crippen LogP contribution in [0.3, 0.4) is 0 Å². The fraction of sp³-hybridized carbons (Fsp3) is 0.385. The molecule has 2 rings (SSSR count). The highest BCUT2D eigenvalue weighted by Gasteiger charge is 2.19. The number of aromatic nitrogens is 3. The van der Waals surface area contributed by atoms with Crippen LogP contribution in [0.2, 0.25) is 5.15 Å². The molecule has 1 unspecified atom stereocenters. The van der Waals surface area contributed by atoms with E-state index < -0.39 is 0 Å². The van der Waals surface area contributed by atoms with E-state index in [1.807, 2.05) is 33.0 Å². The van der Waals surface area contributed by atoms with Gasteiger partial charge in [0.05, 0.1) is 17.4 Å². The van der Waals surface area contributed by atoms with Crippen LogP contribution in [0.4, 0.5) is 0 Å². The van der Waals surface area contributed by atoms with Crippen LogP contribution in [0, 0.1) is 13.8 Å². The Morgan fingerprint density at radius 2 is 2.21 bits per heavy atom. The molecule has 6 heteroatoms. The van der Waals surface area contributed by atoms with Gasteiger partial charge in [0.25, 0.3) is 0 Å². The quantitative estimate of drug-likeness (QED) is 0.662. The second kappa shape index (κ2) is 5.69. The minimum Gasteiger partial charge on any atom is -0.271 e. The zero-order chi connectivity index (χ0) is 14.0. The smallest absolute Gasteiger partial charge is 0.130 e. The van der Waals surface area contributed by atoms with Crippen LogP contribution in [-0.2, 0) is 13.5 Å². The van der Waals surface area contributed by atoms with Gasteiger partial charge < -0.3 is 0 Å². The van der Waals surface area contributed by atoms with Gasteiger partial charge in [-0.15, -0.1) is 0 Å². The van der Waals surface area contributed by atoms with Crippen LogP contribution in [0.25, 0.3) is 0 Å². The highest BCUT2D eigenvalue weighted by Crippen LogP contribution is 2.25. The van der Waals surface area contributed by atoms with Crippen molar-refractivity contribution in [1.29, 1.82) is 0 Å². The second-order valence-electron chi connectivity index (χ2n) is 4.61. The lowest BCUT2D eigenvalue weighted by atomic mass is 10.0. The predicted molar refractivity (Wildman–Crippen MR) is 75.7 cm³/mol. The third kappa shape index (κ3) is 2.78. The number of halogens is 1. The van der Waals surface area contributed by atoms with Gasteiger partial charge in [0.2, 0.25) is 0 Å². The molecule has 5 nitrogen and oxygen atoms in total. The first kappa shape index (κ1) is 14.0. The molecule has 0 aromatic carbocycles. The largest absolute Gasteiger partial charge is 0.271 e. The van der Waals surface area contributed by atoms with Gasteiger partial charge >= 0.3 is 0 Å². The first-order chi connectivity index (χ1) is 9.04. The summed E-state index contributed by atoms with van der Waals surface area (Å²) in [5, 5.41) is 4.95. The molecule has 0 fully saturated rings. The number of nitrogens with one attached hydrogen (secondary N) is 1. The first-order valence-corrected chi connectivity index (χ1v) is 6.48. The number of rotatable bonds is 4. The van der Waals surface area contributed by atoms with Crippen molar-refractivity contribution in [3.63, 3.8) is 0 Å². The summed E-state index contributed by atoms with van der Waals surface area (Å²) in [5.74, 6) is 5.67. The van der Waals surface area contributed by atoms with Crippen molar-refractivity contribution in [2.24, 2.45) is 12.9 Å². The van der Waals surface area contributed by atoms with E-state index in [0.29, 0.717) is 11.6 Å². The number of hydrogen-bond donors (Lipinski definition) is 2. The van der Waals surface area contributed by atoms with Gasteiger partial charge in [-0.2, -0.15) is 5.10 Å². The molecule has 2 aromatic rings.